The molecule has 0 amide bonds. The van der Waals surface area contributed by atoms with E-state index in [1.165, 1.54) is 0 Å². The van der Waals surface area contributed by atoms with Crippen molar-refractivity contribution in [3.8, 4) is 0 Å². The second-order valence-electron chi connectivity index (χ2n) is 5.52. The van der Waals surface area contributed by atoms with Gasteiger partial charge in [-0.15, -0.1) is 0 Å². The highest BCUT2D eigenvalue weighted by Crippen LogP contribution is 2.16. The molecular weight excluding hydrogens is 262 g/mol. The average molecular weight is 291 g/mol. The van der Waals surface area contributed by atoms with Gasteiger partial charge in [-0.3, -0.25) is 4.90 Å². The van der Waals surface area contributed by atoms with Crippen LogP contribution in [0.4, 0.5) is 0 Å². The van der Waals surface area contributed by atoms with Crippen molar-refractivity contribution >= 4 is 10.0 Å². The minimum atomic E-state index is -3.11. The molecule has 1 saturated heterocycles. The molecular formula is C13H29N3O2S. The van der Waals surface area contributed by atoms with E-state index in [0.717, 1.165) is 32.4 Å². The first-order valence-corrected chi connectivity index (χ1v) is 8.86. The van der Waals surface area contributed by atoms with Gasteiger partial charge in [-0.05, 0) is 46.2 Å². The summed E-state index contributed by atoms with van der Waals surface area (Å²) in [4.78, 5) is 2.41. The molecule has 1 aliphatic rings. The fourth-order valence-corrected chi connectivity index (χ4v) is 3.98. The molecule has 114 valence electrons. The van der Waals surface area contributed by atoms with Crippen LogP contribution in [0, 0.1) is 0 Å². The fourth-order valence-electron chi connectivity index (χ4n) is 2.67. The van der Waals surface area contributed by atoms with Crippen molar-refractivity contribution in [1.29, 1.82) is 0 Å². The van der Waals surface area contributed by atoms with Gasteiger partial charge in [-0.25, -0.2) is 12.7 Å². The molecule has 6 heteroatoms. The first-order chi connectivity index (χ1) is 8.93. The second kappa shape index (κ2) is 7.57. The Bertz CT molecular complexity index is 357. The maximum atomic E-state index is 12.2. The first kappa shape index (κ1) is 16.9. The van der Waals surface area contributed by atoms with Gasteiger partial charge < -0.3 is 5.73 Å². The van der Waals surface area contributed by atoms with E-state index < -0.39 is 10.0 Å². The van der Waals surface area contributed by atoms with Crippen LogP contribution in [-0.2, 0) is 10.0 Å². The Labute approximate surface area is 118 Å². The van der Waals surface area contributed by atoms with Crippen molar-refractivity contribution in [1.82, 2.24) is 9.21 Å². The van der Waals surface area contributed by atoms with Crippen LogP contribution in [-0.4, -0.2) is 61.6 Å². The molecule has 2 N–H and O–H groups in total. The lowest BCUT2D eigenvalue weighted by Crippen LogP contribution is -2.41. The van der Waals surface area contributed by atoms with E-state index in [2.05, 4.69) is 11.8 Å². The number of hydrogen-bond donors (Lipinski definition) is 1. The van der Waals surface area contributed by atoms with Crippen LogP contribution in [0.5, 0.6) is 0 Å². The van der Waals surface area contributed by atoms with Gasteiger partial charge in [0.05, 0.1) is 5.25 Å². The van der Waals surface area contributed by atoms with Gasteiger partial charge in [0.15, 0.2) is 0 Å². The molecule has 5 nitrogen and oxygen atoms in total. The topological polar surface area (TPSA) is 66.6 Å². The van der Waals surface area contributed by atoms with Gasteiger partial charge >= 0.3 is 0 Å². The smallest absolute Gasteiger partial charge is 0.216 e. The van der Waals surface area contributed by atoms with Gasteiger partial charge in [-0.1, -0.05) is 6.92 Å². The minimum absolute atomic E-state index is 0.329. The maximum Gasteiger partial charge on any atom is 0.216 e. The Balaban J connectivity index is 2.66. The van der Waals surface area contributed by atoms with Gasteiger partial charge in [0.2, 0.25) is 10.0 Å². The van der Waals surface area contributed by atoms with Crippen LogP contribution in [0.1, 0.15) is 40.0 Å². The Kier molecular flexibility index (Phi) is 6.73. The number of sulfonamides is 1. The number of rotatable bonds is 6. The molecule has 1 rings (SSSR count). The predicted molar refractivity (Wildman–Crippen MR) is 79.6 cm³/mol. The summed E-state index contributed by atoms with van der Waals surface area (Å²) in [7, 11) is -3.11. The summed E-state index contributed by atoms with van der Waals surface area (Å²) in [6.07, 6.45) is 2.98. The lowest BCUT2D eigenvalue weighted by molar-refractivity contribution is 0.192. The van der Waals surface area contributed by atoms with Gasteiger partial charge in [0.1, 0.15) is 0 Å². The number of nitrogens with zero attached hydrogens (tertiary/aromatic N) is 2. The molecule has 0 spiro atoms. The monoisotopic (exact) mass is 291 g/mol. The Morgan fingerprint density at radius 3 is 2.37 bits per heavy atom. The standard InChI is InChI=1S/C13H29N3O2S/c1-4-13(6-7-14)15-8-5-9-16(11-10-15)19(17,18)12(2)3/h12-13H,4-11,14H2,1-3H3. The molecule has 0 radical (unpaired) electrons. The zero-order chi connectivity index (χ0) is 14.5. The third-order valence-electron chi connectivity index (χ3n) is 3.93. The normalized spacial score (nSPS) is 21.5. The summed E-state index contributed by atoms with van der Waals surface area (Å²) in [5.41, 5.74) is 5.65. The zero-order valence-electron chi connectivity index (χ0n) is 12.5. The van der Waals surface area contributed by atoms with Crippen molar-refractivity contribution in [2.75, 3.05) is 32.7 Å². The molecule has 1 heterocycles. The van der Waals surface area contributed by atoms with Crippen LogP contribution >= 0.6 is 0 Å². The number of nitrogens with two attached hydrogens (primary N) is 1. The van der Waals surface area contributed by atoms with Crippen LogP contribution in [0.15, 0.2) is 0 Å². The summed E-state index contributed by atoms with van der Waals surface area (Å²) in [6, 6.07) is 0.492. The molecule has 0 bridgehead atoms. The fraction of sp³-hybridized carbons (Fsp3) is 1.00. The van der Waals surface area contributed by atoms with Crippen LogP contribution < -0.4 is 5.73 Å². The Morgan fingerprint density at radius 2 is 1.84 bits per heavy atom. The average Bonchev–Trinajstić information content (AvgIpc) is 2.61. The van der Waals surface area contributed by atoms with Crippen LogP contribution in [0.25, 0.3) is 0 Å². The Morgan fingerprint density at radius 1 is 1.16 bits per heavy atom. The third kappa shape index (κ3) is 4.41. The third-order valence-corrected chi connectivity index (χ3v) is 6.21. The highest BCUT2D eigenvalue weighted by atomic mass is 32.2. The lowest BCUT2D eigenvalue weighted by atomic mass is 10.1. The number of hydrogen-bond acceptors (Lipinski definition) is 4. The predicted octanol–water partition coefficient (Wildman–Crippen LogP) is 0.860. The highest BCUT2D eigenvalue weighted by Gasteiger charge is 2.29. The molecule has 0 aromatic heterocycles. The first-order valence-electron chi connectivity index (χ1n) is 7.36. The molecule has 0 aromatic rings. The molecule has 19 heavy (non-hydrogen) atoms. The highest BCUT2D eigenvalue weighted by molar-refractivity contribution is 7.89. The summed E-state index contributed by atoms with van der Waals surface area (Å²) < 4.78 is 26.1. The summed E-state index contributed by atoms with van der Waals surface area (Å²) in [5, 5.41) is -0.329. The van der Waals surface area contributed by atoms with Crippen LogP contribution in [0.3, 0.4) is 0 Å². The molecule has 1 unspecified atom stereocenters. The van der Waals surface area contributed by atoms with E-state index in [4.69, 9.17) is 5.73 Å². The SMILES string of the molecule is CCC(CCN)N1CCCN(S(=O)(=O)C(C)C)CC1. The van der Waals surface area contributed by atoms with Crippen LogP contribution in [0.2, 0.25) is 0 Å². The maximum absolute atomic E-state index is 12.2. The van der Waals surface area contributed by atoms with E-state index in [9.17, 15) is 8.42 Å². The molecule has 0 saturated carbocycles. The van der Waals surface area contributed by atoms with E-state index in [1.807, 2.05) is 0 Å². The summed E-state index contributed by atoms with van der Waals surface area (Å²) >= 11 is 0. The Hall–Kier alpha value is -0.170. The van der Waals surface area contributed by atoms with E-state index >= 15 is 0 Å². The van der Waals surface area contributed by atoms with E-state index in [-0.39, 0.29) is 5.25 Å². The van der Waals surface area contributed by atoms with Crippen molar-refractivity contribution in [2.24, 2.45) is 5.73 Å². The van der Waals surface area contributed by atoms with Crippen molar-refractivity contribution in [2.45, 2.75) is 51.3 Å². The molecule has 1 fully saturated rings. The minimum Gasteiger partial charge on any atom is -0.330 e. The molecule has 0 aliphatic carbocycles. The van der Waals surface area contributed by atoms with Crippen molar-refractivity contribution in [3.05, 3.63) is 0 Å². The zero-order valence-corrected chi connectivity index (χ0v) is 13.3. The van der Waals surface area contributed by atoms with Crippen molar-refractivity contribution in [3.63, 3.8) is 0 Å². The summed E-state index contributed by atoms with van der Waals surface area (Å²) in [6.45, 7) is 9.43. The van der Waals surface area contributed by atoms with Gasteiger partial charge in [0.25, 0.3) is 0 Å². The molecule has 1 atom stereocenters. The lowest BCUT2D eigenvalue weighted by Gasteiger charge is -2.29. The van der Waals surface area contributed by atoms with E-state index in [1.54, 1.807) is 18.2 Å². The molecule has 1 aliphatic heterocycles. The summed E-state index contributed by atoms with van der Waals surface area (Å²) in [5.74, 6) is 0. The van der Waals surface area contributed by atoms with Gasteiger partial charge in [0, 0.05) is 25.7 Å². The van der Waals surface area contributed by atoms with Crippen molar-refractivity contribution < 1.29 is 8.42 Å². The quantitative estimate of drug-likeness (QED) is 0.788. The largest absolute Gasteiger partial charge is 0.330 e. The van der Waals surface area contributed by atoms with Gasteiger partial charge in [-0.2, -0.15) is 0 Å². The molecule has 0 aromatic carbocycles. The second-order valence-corrected chi connectivity index (χ2v) is 8.01. The van der Waals surface area contributed by atoms with E-state index in [0.29, 0.717) is 25.7 Å².